The number of fused-ring (bicyclic) bond motifs is 2. The van der Waals surface area contributed by atoms with Crippen LogP contribution in [-0.4, -0.2) is 34.2 Å². The molecule has 2 bridgehead atoms. The number of allylic oxidation sites excluding steroid dienone is 1. The van der Waals surface area contributed by atoms with Crippen LogP contribution in [-0.2, 0) is 19.1 Å². The zero-order valence-corrected chi connectivity index (χ0v) is 21.2. The van der Waals surface area contributed by atoms with Crippen molar-refractivity contribution in [1.82, 2.24) is 0 Å². The Labute approximate surface area is 212 Å². The van der Waals surface area contributed by atoms with Gasteiger partial charge in [0, 0.05) is 24.2 Å². The quantitative estimate of drug-likeness (QED) is 0.362. The minimum Gasteiger partial charge on any atom is -0.420 e. The van der Waals surface area contributed by atoms with Crippen LogP contribution in [0.5, 0.6) is 0 Å². The van der Waals surface area contributed by atoms with Gasteiger partial charge in [0.2, 0.25) is 0 Å². The molecule has 0 unspecified atom stereocenters. The third kappa shape index (κ3) is 5.14. The SMILES string of the molecule is CCCCC(C)(C)C(=O)C=C[C@@]1(O)C(=O)O[C@]2(OC(=O)c3ccc(-c4ccccc4)cc3)CC[C@H]1C2. The lowest BCUT2D eigenvalue weighted by molar-refractivity contribution is -0.237. The monoisotopic (exact) mass is 490 g/mol. The average Bonchev–Trinajstić information content (AvgIpc) is 3.26. The molecule has 1 aliphatic carbocycles. The first-order valence-corrected chi connectivity index (χ1v) is 12.7. The number of carbonyl (C=O) groups excluding carboxylic acids is 3. The molecule has 36 heavy (non-hydrogen) atoms. The van der Waals surface area contributed by atoms with Gasteiger partial charge in [-0.05, 0) is 48.3 Å². The molecule has 6 nitrogen and oxygen atoms in total. The van der Waals surface area contributed by atoms with Gasteiger partial charge in [-0.1, -0.05) is 76.1 Å². The third-order valence-electron chi connectivity index (χ3n) is 7.48. The van der Waals surface area contributed by atoms with Gasteiger partial charge in [-0.25, -0.2) is 9.59 Å². The smallest absolute Gasteiger partial charge is 0.345 e. The highest BCUT2D eigenvalue weighted by atomic mass is 16.7. The van der Waals surface area contributed by atoms with E-state index in [1.54, 1.807) is 12.1 Å². The second kappa shape index (κ2) is 10.0. The average molecular weight is 491 g/mol. The number of rotatable bonds is 9. The second-order valence-electron chi connectivity index (χ2n) is 10.6. The number of aliphatic hydroxyl groups is 1. The van der Waals surface area contributed by atoms with Gasteiger partial charge in [0.15, 0.2) is 11.4 Å². The van der Waals surface area contributed by atoms with Gasteiger partial charge >= 0.3 is 11.9 Å². The van der Waals surface area contributed by atoms with Crippen LogP contribution < -0.4 is 0 Å². The van der Waals surface area contributed by atoms with E-state index in [-0.39, 0.29) is 12.2 Å². The van der Waals surface area contributed by atoms with E-state index in [0.717, 1.165) is 30.4 Å². The molecule has 0 spiro atoms. The lowest BCUT2D eigenvalue weighted by Crippen LogP contribution is -2.54. The molecule has 2 fully saturated rings. The van der Waals surface area contributed by atoms with E-state index in [4.69, 9.17) is 9.47 Å². The maximum Gasteiger partial charge on any atom is 0.345 e. The fourth-order valence-electron chi connectivity index (χ4n) is 5.00. The Kier molecular flexibility index (Phi) is 7.19. The minimum absolute atomic E-state index is 0.141. The van der Waals surface area contributed by atoms with Crippen molar-refractivity contribution in [3.05, 3.63) is 72.3 Å². The third-order valence-corrected chi connectivity index (χ3v) is 7.48. The number of hydrogen-bond donors (Lipinski definition) is 1. The number of esters is 2. The fourth-order valence-corrected chi connectivity index (χ4v) is 5.00. The molecule has 4 rings (SSSR count). The van der Waals surface area contributed by atoms with Crippen LogP contribution >= 0.6 is 0 Å². The van der Waals surface area contributed by atoms with Gasteiger partial charge in [0.05, 0.1) is 5.56 Å². The van der Waals surface area contributed by atoms with Crippen molar-refractivity contribution in [3.8, 4) is 11.1 Å². The van der Waals surface area contributed by atoms with E-state index in [9.17, 15) is 19.5 Å². The van der Waals surface area contributed by atoms with E-state index in [2.05, 4.69) is 6.92 Å². The van der Waals surface area contributed by atoms with Crippen LogP contribution in [0.2, 0.25) is 0 Å². The van der Waals surface area contributed by atoms with Crippen molar-refractivity contribution in [3.63, 3.8) is 0 Å². The molecule has 0 amide bonds. The van der Waals surface area contributed by atoms with Crippen molar-refractivity contribution >= 4 is 17.7 Å². The summed E-state index contributed by atoms with van der Waals surface area (Å²) in [5, 5.41) is 11.2. The standard InChI is InChI=1S/C30H34O6/c1-4-5-17-28(2,3)25(31)16-19-30(34)24-15-18-29(20-24,36-27(30)33)35-26(32)23-13-11-22(12-14-23)21-9-7-6-8-10-21/h6-14,16,19,24,34H,4-5,15,17-18,20H2,1-3H3/t24-,29+,30-/m0/s1. The Morgan fingerprint density at radius 2 is 1.78 bits per heavy atom. The first-order valence-electron chi connectivity index (χ1n) is 12.7. The number of unbranched alkanes of at least 4 members (excludes halogenated alkanes) is 1. The van der Waals surface area contributed by atoms with E-state index < -0.39 is 34.7 Å². The van der Waals surface area contributed by atoms with E-state index in [0.29, 0.717) is 18.4 Å². The number of ether oxygens (including phenoxy) is 2. The normalized spacial score (nSPS) is 25.6. The van der Waals surface area contributed by atoms with Gasteiger partial charge in [0.25, 0.3) is 5.79 Å². The molecule has 1 aliphatic heterocycles. The predicted molar refractivity (Wildman–Crippen MR) is 136 cm³/mol. The molecule has 2 aromatic carbocycles. The zero-order chi connectivity index (χ0) is 26.0. The molecule has 1 N–H and O–H groups in total. The summed E-state index contributed by atoms with van der Waals surface area (Å²) in [6.45, 7) is 5.80. The zero-order valence-electron chi connectivity index (χ0n) is 21.2. The first kappa shape index (κ1) is 25.8. The van der Waals surface area contributed by atoms with Crippen LogP contribution in [0, 0.1) is 11.3 Å². The Morgan fingerprint density at radius 1 is 1.11 bits per heavy atom. The molecule has 6 heteroatoms. The van der Waals surface area contributed by atoms with Crippen molar-refractivity contribution in [2.45, 2.75) is 70.7 Å². The molecular weight excluding hydrogens is 456 g/mol. The highest BCUT2D eigenvalue weighted by Crippen LogP contribution is 2.49. The van der Waals surface area contributed by atoms with E-state index >= 15 is 0 Å². The summed E-state index contributed by atoms with van der Waals surface area (Å²) in [7, 11) is 0. The first-order chi connectivity index (χ1) is 17.1. The molecule has 3 atom stereocenters. The van der Waals surface area contributed by atoms with E-state index in [1.807, 2.05) is 56.3 Å². The molecule has 2 aliphatic rings. The summed E-state index contributed by atoms with van der Waals surface area (Å²) >= 11 is 0. The van der Waals surface area contributed by atoms with Crippen LogP contribution in [0.15, 0.2) is 66.7 Å². The summed E-state index contributed by atoms with van der Waals surface area (Å²) in [4.78, 5) is 38.5. The van der Waals surface area contributed by atoms with Crippen LogP contribution in [0.4, 0.5) is 0 Å². The van der Waals surface area contributed by atoms with Crippen LogP contribution in [0.3, 0.4) is 0 Å². The Bertz CT molecular complexity index is 1150. The molecule has 190 valence electrons. The van der Waals surface area contributed by atoms with Gasteiger partial charge in [-0.15, -0.1) is 0 Å². The number of carbonyl (C=O) groups is 3. The molecule has 1 saturated heterocycles. The van der Waals surface area contributed by atoms with Crippen molar-refractivity contribution < 1.29 is 29.0 Å². The maximum atomic E-state index is 12.9. The minimum atomic E-state index is -1.92. The largest absolute Gasteiger partial charge is 0.420 e. The van der Waals surface area contributed by atoms with E-state index in [1.165, 1.54) is 12.2 Å². The summed E-state index contributed by atoms with van der Waals surface area (Å²) in [6, 6.07) is 16.9. The summed E-state index contributed by atoms with van der Waals surface area (Å²) in [5.41, 5.74) is -0.133. The van der Waals surface area contributed by atoms with Crippen molar-refractivity contribution in [2.24, 2.45) is 11.3 Å². The molecule has 2 aromatic rings. The van der Waals surface area contributed by atoms with Crippen molar-refractivity contribution in [1.29, 1.82) is 0 Å². The molecule has 1 saturated carbocycles. The van der Waals surface area contributed by atoms with Gasteiger partial charge in [-0.3, -0.25) is 4.79 Å². The fraction of sp³-hybridized carbons (Fsp3) is 0.433. The predicted octanol–water partition coefficient (Wildman–Crippen LogP) is 5.64. The second-order valence-corrected chi connectivity index (χ2v) is 10.6. The van der Waals surface area contributed by atoms with Gasteiger partial charge in [-0.2, -0.15) is 0 Å². The maximum absolute atomic E-state index is 12.9. The Hall–Kier alpha value is -3.25. The van der Waals surface area contributed by atoms with Gasteiger partial charge in [0.1, 0.15) is 0 Å². The molecular formula is C30H34O6. The lowest BCUT2D eigenvalue weighted by atomic mass is 9.80. The van der Waals surface area contributed by atoms with Crippen molar-refractivity contribution in [2.75, 3.05) is 0 Å². The molecule has 0 radical (unpaired) electrons. The van der Waals surface area contributed by atoms with Crippen LogP contribution in [0.1, 0.15) is 69.7 Å². The highest BCUT2D eigenvalue weighted by Gasteiger charge is 2.61. The molecule has 1 heterocycles. The summed E-state index contributed by atoms with van der Waals surface area (Å²) in [6.07, 6.45) is 6.12. The summed E-state index contributed by atoms with van der Waals surface area (Å²) < 4.78 is 11.3. The van der Waals surface area contributed by atoms with Gasteiger partial charge < -0.3 is 14.6 Å². The Morgan fingerprint density at radius 3 is 2.44 bits per heavy atom. The Balaban J connectivity index is 1.43. The number of hydrogen-bond acceptors (Lipinski definition) is 6. The topological polar surface area (TPSA) is 89.9 Å². The lowest BCUT2D eigenvalue weighted by Gasteiger charge is -2.39. The highest BCUT2D eigenvalue weighted by molar-refractivity contribution is 5.96. The number of ketones is 1. The number of benzene rings is 2. The molecule has 0 aromatic heterocycles. The van der Waals surface area contributed by atoms with Crippen LogP contribution in [0.25, 0.3) is 11.1 Å². The summed E-state index contributed by atoms with van der Waals surface area (Å²) in [5.74, 6) is -3.52.